The summed E-state index contributed by atoms with van der Waals surface area (Å²) in [5, 5.41) is 0. The van der Waals surface area contributed by atoms with Crippen molar-refractivity contribution >= 4 is 11.9 Å². The van der Waals surface area contributed by atoms with Gasteiger partial charge in [0.15, 0.2) is 0 Å². The number of aryl methyl sites for hydroxylation is 1. The summed E-state index contributed by atoms with van der Waals surface area (Å²) in [5.74, 6) is -0.503. The van der Waals surface area contributed by atoms with Gasteiger partial charge in [0.2, 0.25) is 0 Å². The van der Waals surface area contributed by atoms with Gasteiger partial charge < -0.3 is 15.2 Å². The maximum absolute atomic E-state index is 11.9. The van der Waals surface area contributed by atoms with E-state index in [0.29, 0.717) is 23.3 Å². The van der Waals surface area contributed by atoms with Crippen molar-refractivity contribution in [2.24, 2.45) is 5.73 Å². The molecule has 5 nitrogen and oxygen atoms in total. The number of carbonyl (C=O) groups is 2. The van der Waals surface area contributed by atoms with Crippen LogP contribution >= 0.6 is 0 Å². The fourth-order valence-electron chi connectivity index (χ4n) is 2.50. The molecule has 0 spiro atoms. The Kier molecular flexibility index (Phi) is 5.36. The Morgan fingerprint density at radius 3 is 2.30 bits per heavy atom. The third-order valence-electron chi connectivity index (χ3n) is 3.61. The van der Waals surface area contributed by atoms with Crippen molar-refractivity contribution in [1.82, 2.24) is 0 Å². The van der Waals surface area contributed by atoms with E-state index in [4.69, 9.17) is 10.5 Å². The van der Waals surface area contributed by atoms with Crippen LogP contribution in [0.1, 0.15) is 22.3 Å². The normalized spacial score (nSPS) is 10.2. The van der Waals surface area contributed by atoms with Crippen molar-refractivity contribution in [2.75, 3.05) is 14.2 Å². The summed E-state index contributed by atoms with van der Waals surface area (Å²) in [4.78, 5) is 23.3. The van der Waals surface area contributed by atoms with Crippen molar-refractivity contribution in [3.63, 3.8) is 0 Å². The molecule has 0 aliphatic heterocycles. The molecular formula is C18H19NO4. The van der Waals surface area contributed by atoms with Gasteiger partial charge in [0.05, 0.1) is 19.8 Å². The highest BCUT2D eigenvalue weighted by Crippen LogP contribution is 2.35. The van der Waals surface area contributed by atoms with Crippen molar-refractivity contribution in [3.05, 3.63) is 53.6 Å². The van der Waals surface area contributed by atoms with E-state index in [2.05, 4.69) is 4.74 Å². The molecule has 0 aromatic heterocycles. The molecule has 2 aromatic carbocycles. The summed E-state index contributed by atoms with van der Waals surface area (Å²) < 4.78 is 10.1. The molecule has 0 atom stereocenters. The monoisotopic (exact) mass is 313 g/mol. The quantitative estimate of drug-likeness (QED) is 0.831. The van der Waals surface area contributed by atoms with Crippen LogP contribution in [0.4, 0.5) is 0 Å². The standard InChI is InChI=1S/C18H19NO4/c1-22-15(20)11-9-13-8-10-14(12-6-4-3-5-7-12)17(23-2)16(13)18(19)21/h3-8,10H,9,11H2,1-2H3,(H2,19,21). The molecule has 0 saturated carbocycles. The third kappa shape index (κ3) is 3.69. The summed E-state index contributed by atoms with van der Waals surface area (Å²) >= 11 is 0. The van der Waals surface area contributed by atoms with E-state index in [1.54, 1.807) is 6.07 Å². The number of nitrogens with two attached hydrogens (primary N) is 1. The number of hydrogen-bond donors (Lipinski definition) is 1. The Morgan fingerprint density at radius 1 is 1.04 bits per heavy atom. The molecule has 0 aliphatic rings. The molecular weight excluding hydrogens is 294 g/mol. The zero-order chi connectivity index (χ0) is 16.8. The lowest BCUT2D eigenvalue weighted by Crippen LogP contribution is -2.16. The predicted molar refractivity (Wildman–Crippen MR) is 87.3 cm³/mol. The fraction of sp³-hybridized carbons (Fsp3) is 0.222. The molecule has 2 aromatic rings. The third-order valence-corrected chi connectivity index (χ3v) is 3.61. The number of benzene rings is 2. The first-order chi connectivity index (χ1) is 11.1. The lowest BCUT2D eigenvalue weighted by atomic mass is 9.94. The number of hydrogen-bond acceptors (Lipinski definition) is 4. The van der Waals surface area contributed by atoms with Gasteiger partial charge in [-0.2, -0.15) is 0 Å². The summed E-state index contributed by atoms with van der Waals surface area (Å²) in [6, 6.07) is 13.2. The zero-order valence-electron chi connectivity index (χ0n) is 13.2. The molecule has 1 amide bonds. The van der Waals surface area contributed by atoms with Gasteiger partial charge in [-0.3, -0.25) is 9.59 Å². The van der Waals surface area contributed by atoms with Crippen LogP contribution in [-0.4, -0.2) is 26.1 Å². The summed E-state index contributed by atoms with van der Waals surface area (Å²) in [6.45, 7) is 0. The Balaban J connectivity index is 2.51. The molecule has 0 unspecified atom stereocenters. The van der Waals surface area contributed by atoms with Crippen molar-refractivity contribution < 1.29 is 19.1 Å². The number of rotatable bonds is 6. The molecule has 0 radical (unpaired) electrons. The van der Waals surface area contributed by atoms with E-state index in [9.17, 15) is 9.59 Å². The van der Waals surface area contributed by atoms with Crippen LogP contribution in [-0.2, 0) is 16.0 Å². The number of ether oxygens (including phenoxy) is 2. The maximum atomic E-state index is 11.9. The molecule has 120 valence electrons. The first-order valence-electron chi connectivity index (χ1n) is 7.20. The van der Waals surface area contributed by atoms with E-state index in [-0.39, 0.29) is 12.4 Å². The van der Waals surface area contributed by atoms with Crippen LogP contribution in [0.5, 0.6) is 5.75 Å². The van der Waals surface area contributed by atoms with Gasteiger partial charge >= 0.3 is 5.97 Å². The summed E-state index contributed by atoms with van der Waals surface area (Å²) in [7, 11) is 2.83. The minimum Gasteiger partial charge on any atom is -0.495 e. The zero-order valence-corrected chi connectivity index (χ0v) is 13.2. The van der Waals surface area contributed by atoms with Crippen LogP contribution in [0, 0.1) is 0 Å². The second-order valence-corrected chi connectivity index (χ2v) is 4.99. The molecule has 0 heterocycles. The summed E-state index contributed by atoms with van der Waals surface area (Å²) in [5.41, 5.74) is 8.22. The van der Waals surface area contributed by atoms with Gasteiger partial charge in [-0.25, -0.2) is 0 Å². The number of amides is 1. The molecule has 2 N–H and O–H groups in total. The molecule has 0 fully saturated rings. The predicted octanol–water partition coefficient (Wildman–Crippen LogP) is 2.57. The number of methoxy groups -OCH3 is 2. The number of primary amides is 1. The van der Waals surface area contributed by atoms with E-state index in [1.165, 1.54) is 14.2 Å². The SMILES string of the molecule is COC(=O)CCc1ccc(-c2ccccc2)c(OC)c1C(N)=O. The van der Waals surface area contributed by atoms with Crippen LogP contribution in [0.15, 0.2) is 42.5 Å². The Morgan fingerprint density at radius 2 is 1.74 bits per heavy atom. The largest absolute Gasteiger partial charge is 0.495 e. The minimum atomic E-state index is -0.584. The number of carbonyl (C=O) groups excluding carboxylic acids is 2. The highest BCUT2D eigenvalue weighted by molar-refractivity contribution is 6.00. The first-order valence-corrected chi connectivity index (χ1v) is 7.20. The summed E-state index contributed by atoms with van der Waals surface area (Å²) in [6.07, 6.45) is 0.529. The van der Waals surface area contributed by atoms with Gasteiger partial charge in [-0.15, -0.1) is 0 Å². The van der Waals surface area contributed by atoms with Gasteiger partial charge in [0.25, 0.3) is 5.91 Å². The van der Waals surface area contributed by atoms with Crippen molar-refractivity contribution in [2.45, 2.75) is 12.8 Å². The Labute approximate surface area is 135 Å². The highest BCUT2D eigenvalue weighted by atomic mass is 16.5. The Hall–Kier alpha value is -2.82. The molecule has 0 saturated heterocycles. The average Bonchev–Trinajstić information content (AvgIpc) is 2.59. The van der Waals surface area contributed by atoms with E-state index < -0.39 is 5.91 Å². The van der Waals surface area contributed by atoms with Gasteiger partial charge in [-0.1, -0.05) is 42.5 Å². The Bertz CT molecular complexity index is 710. The van der Waals surface area contributed by atoms with E-state index in [1.807, 2.05) is 36.4 Å². The van der Waals surface area contributed by atoms with Crippen LogP contribution in [0.2, 0.25) is 0 Å². The molecule has 0 bridgehead atoms. The molecule has 23 heavy (non-hydrogen) atoms. The van der Waals surface area contributed by atoms with Gasteiger partial charge in [0, 0.05) is 12.0 Å². The second-order valence-electron chi connectivity index (χ2n) is 4.99. The van der Waals surface area contributed by atoms with E-state index >= 15 is 0 Å². The van der Waals surface area contributed by atoms with Crippen LogP contribution in [0.3, 0.4) is 0 Å². The van der Waals surface area contributed by atoms with Crippen molar-refractivity contribution in [3.8, 4) is 16.9 Å². The smallest absolute Gasteiger partial charge is 0.305 e. The minimum absolute atomic E-state index is 0.171. The highest BCUT2D eigenvalue weighted by Gasteiger charge is 2.20. The lowest BCUT2D eigenvalue weighted by Gasteiger charge is -2.16. The fourth-order valence-corrected chi connectivity index (χ4v) is 2.50. The van der Waals surface area contributed by atoms with Gasteiger partial charge in [0.1, 0.15) is 5.75 Å². The molecule has 2 rings (SSSR count). The lowest BCUT2D eigenvalue weighted by molar-refractivity contribution is -0.140. The van der Waals surface area contributed by atoms with Crippen LogP contribution < -0.4 is 10.5 Å². The van der Waals surface area contributed by atoms with Crippen molar-refractivity contribution in [1.29, 1.82) is 0 Å². The first kappa shape index (κ1) is 16.5. The topological polar surface area (TPSA) is 78.6 Å². The second kappa shape index (κ2) is 7.45. The van der Waals surface area contributed by atoms with E-state index in [0.717, 1.165) is 11.1 Å². The van der Waals surface area contributed by atoms with Gasteiger partial charge in [-0.05, 0) is 17.5 Å². The maximum Gasteiger partial charge on any atom is 0.305 e. The molecule has 5 heteroatoms. The molecule has 0 aliphatic carbocycles. The van der Waals surface area contributed by atoms with Crippen LogP contribution in [0.25, 0.3) is 11.1 Å². The number of esters is 1. The average molecular weight is 313 g/mol.